The molecule has 0 spiro atoms. The number of hydrogen-bond donors (Lipinski definition) is 2. The Labute approximate surface area is 153 Å². The fraction of sp³-hybridized carbons (Fsp3) is 0.500. The Balaban J connectivity index is 1.92. The van der Waals surface area contributed by atoms with Gasteiger partial charge in [0.1, 0.15) is 0 Å². The molecule has 9 heteroatoms. The zero-order valence-corrected chi connectivity index (χ0v) is 14.7. The lowest BCUT2D eigenvalue weighted by Crippen LogP contribution is -2.46. The van der Waals surface area contributed by atoms with E-state index in [1.165, 1.54) is 6.07 Å². The summed E-state index contributed by atoms with van der Waals surface area (Å²) in [5, 5.41) is 12.4. The average Bonchev–Trinajstić information content (AvgIpc) is 2.59. The minimum absolute atomic E-state index is 0.00834. The van der Waals surface area contributed by atoms with Gasteiger partial charge < -0.3 is 10.4 Å². The highest BCUT2D eigenvalue weighted by atomic mass is 19.4. The normalized spacial score (nSPS) is 20.8. The van der Waals surface area contributed by atoms with E-state index in [-0.39, 0.29) is 17.7 Å². The first-order valence-electron chi connectivity index (χ1n) is 8.67. The summed E-state index contributed by atoms with van der Waals surface area (Å²) < 4.78 is 40.8. The number of aliphatic hydroxyl groups excluding tert-OH is 1. The molecule has 0 bridgehead atoms. The number of rotatable bonds is 4. The van der Waals surface area contributed by atoms with E-state index in [0.717, 1.165) is 23.4 Å². The first-order chi connectivity index (χ1) is 12.7. The van der Waals surface area contributed by atoms with Gasteiger partial charge in [-0.3, -0.25) is 14.2 Å². The molecule has 1 fully saturated rings. The number of aromatic nitrogens is 2. The van der Waals surface area contributed by atoms with Gasteiger partial charge in [0.2, 0.25) is 0 Å². The van der Waals surface area contributed by atoms with Crippen LogP contribution in [-0.4, -0.2) is 39.1 Å². The highest BCUT2D eigenvalue weighted by molar-refractivity contribution is 5.85. The molecule has 0 aliphatic carbocycles. The number of carbonyl (C=O) groups is 1. The van der Waals surface area contributed by atoms with Crippen molar-refractivity contribution in [2.75, 3.05) is 6.54 Å². The molecule has 0 amide bonds. The predicted molar refractivity (Wildman–Crippen MR) is 92.4 cm³/mol. The molecule has 146 valence electrons. The van der Waals surface area contributed by atoms with Crippen molar-refractivity contribution >= 4 is 16.7 Å². The fourth-order valence-corrected chi connectivity index (χ4v) is 3.39. The number of halogens is 3. The number of nitrogens with zero attached hydrogens (tertiary/aromatic N) is 2. The van der Waals surface area contributed by atoms with E-state index in [9.17, 15) is 27.9 Å². The van der Waals surface area contributed by atoms with Crippen LogP contribution in [0.15, 0.2) is 23.3 Å². The van der Waals surface area contributed by atoms with Gasteiger partial charge in [0.25, 0.3) is 5.56 Å². The van der Waals surface area contributed by atoms with Gasteiger partial charge in [0.15, 0.2) is 5.78 Å². The summed E-state index contributed by atoms with van der Waals surface area (Å²) >= 11 is 0. The lowest BCUT2D eigenvalue weighted by molar-refractivity contribution is -0.136. The second-order valence-electron chi connectivity index (χ2n) is 6.84. The van der Waals surface area contributed by atoms with Gasteiger partial charge in [-0.05, 0) is 37.9 Å². The molecule has 1 saturated heterocycles. The van der Waals surface area contributed by atoms with Gasteiger partial charge in [-0.1, -0.05) is 6.07 Å². The monoisotopic (exact) mass is 383 g/mol. The Kier molecular flexibility index (Phi) is 5.34. The summed E-state index contributed by atoms with van der Waals surface area (Å²) in [5.41, 5.74) is -1.54. The van der Waals surface area contributed by atoms with Crippen LogP contribution in [0, 0.1) is 6.92 Å². The Morgan fingerprint density at radius 1 is 1.41 bits per heavy atom. The Morgan fingerprint density at radius 2 is 2.15 bits per heavy atom. The van der Waals surface area contributed by atoms with Gasteiger partial charge in [0, 0.05) is 12.5 Å². The topological polar surface area (TPSA) is 84.2 Å². The molecule has 0 unspecified atom stereocenters. The van der Waals surface area contributed by atoms with Crippen LogP contribution in [0.2, 0.25) is 0 Å². The van der Waals surface area contributed by atoms with E-state index in [1.54, 1.807) is 6.92 Å². The summed E-state index contributed by atoms with van der Waals surface area (Å²) in [7, 11) is 0. The minimum atomic E-state index is -4.70. The van der Waals surface area contributed by atoms with Crippen molar-refractivity contribution in [3.63, 3.8) is 0 Å². The molecular formula is C18H20F3N3O3. The van der Waals surface area contributed by atoms with Gasteiger partial charge in [-0.25, -0.2) is 4.98 Å². The van der Waals surface area contributed by atoms with E-state index in [0.29, 0.717) is 18.5 Å². The third kappa shape index (κ3) is 4.03. The molecule has 2 N–H and O–H groups in total. The molecule has 3 rings (SSSR count). The lowest BCUT2D eigenvalue weighted by Gasteiger charge is -2.28. The van der Waals surface area contributed by atoms with Crippen molar-refractivity contribution in [2.24, 2.45) is 0 Å². The molecular weight excluding hydrogens is 363 g/mol. The van der Waals surface area contributed by atoms with E-state index in [1.807, 2.05) is 0 Å². The molecule has 1 aliphatic rings. The average molecular weight is 383 g/mol. The van der Waals surface area contributed by atoms with E-state index < -0.39 is 41.4 Å². The fourth-order valence-electron chi connectivity index (χ4n) is 3.39. The highest BCUT2D eigenvalue weighted by Gasteiger charge is 2.34. The number of fused-ring (bicyclic) bond motifs is 1. The quantitative estimate of drug-likeness (QED) is 0.841. The Bertz CT molecular complexity index is 924. The first kappa shape index (κ1) is 19.5. The molecule has 1 aromatic carbocycles. The molecule has 2 heterocycles. The summed E-state index contributed by atoms with van der Waals surface area (Å²) in [5.74, 6) is -0.363. The molecule has 1 aliphatic heterocycles. The van der Waals surface area contributed by atoms with Crippen molar-refractivity contribution in [1.82, 2.24) is 14.9 Å². The largest absolute Gasteiger partial charge is 0.417 e. The Hall–Kier alpha value is -2.26. The number of carbonyl (C=O) groups excluding carboxylic acids is 1. The van der Waals surface area contributed by atoms with E-state index in [4.69, 9.17) is 0 Å². The number of alkyl halides is 3. The standard InChI is InChI=1S/C18H20F3N3O3/c1-10-4-5-12(18(19,20)21)15-16(10)23-9-24(17(15)27)8-11(25)7-13-14(26)3-2-6-22-13/h4-5,9,13-14,22,26H,2-3,6-8H2,1H3/t13-,14+/m1/s1. The van der Waals surface area contributed by atoms with Gasteiger partial charge in [-0.15, -0.1) is 0 Å². The third-order valence-corrected chi connectivity index (χ3v) is 4.83. The van der Waals surface area contributed by atoms with Crippen LogP contribution in [0.4, 0.5) is 13.2 Å². The number of piperidine rings is 1. The van der Waals surface area contributed by atoms with Crippen LogP contribution in [0.1, 0.15) is 30.4 Å². The smallest absolute Gasteiger partial charge is 0.391 e. The summed E-state index contributed by atoms with van der Waals surface area (Å²) in [4.78, 5) is 28.9. The first-order valence-corrected chi connectivity index (χ1v) is 8.67. The molecule has 2 aromatic rings. The van der Waals surface area contributed by atoms with Crippen molar-refractivity contribution in [2.45, 2.75) is 51.1 Å². The molecule has 0 radical (unpaired) electrons. The minimum Gasteiger partial charge on any atom is -0.391 e. The zero-order chi connectivity index (χ0) is 19.8. The van der Waals surface area contributed by atoms with E-state index >= 15 is 0 Å². The maximum Gasteiger partial charge on any atom is 0.417 e. The number of benzene rings is 1. The van der Waals surface area contributed by atoms with Gasteiger partial charge in [0.05, 0.1) is 35.4 Å². The zero-order valence-electron chi connectivity index (χ0n) is 14.7. The maximum atomic E-state index is 13.3. The molecule has 2 atom stereocenters. The second kappa shape index (κ2) is 7.40. The maximum absolute atomic E-state index is 13.3. The number of Topliss-reactive ketones (excluding diaryl/α,β-unsaturated/α-hetero) is 1. The van der Waals surface area contributed by atoms with Gasteiger partial charge in [-0.2, -0.15) is 13.2 Å². The summed E-state index contributed by atoms with van der Waals surface area (Å²) in [6.45, 7) is 1.86. The molecule has 1 aromatic heterocycles. The van der Waals surface area contributed by atoms with Crippen molar-refractivity contribution < 1.29 is 23.1 Å². The summed E-state index contributed by atoms with van der Waals surface area (Å²) in [6.07, 6.45) is -2.89. The molecule has 0 saturated carbocycles. The third-order valence-electron chi connectivity index (χ3n) is 4.83. The molecule has 27 heavy (non-hydrogen) atoms. The number of aryl methyl sites for hydroxylation is 1. The number of aliphatic hydroxyl groups is 1. The second-order valence-corrected chi connectivity index (χ2v) is 6.84. The van der Waals surface area contributed by atoms with Crippen molar-refractivity contribution in [1.29, 1.82) is 0 Å². The SMILES string of the molecule is Cc1ccc(C(F)(F)F)c2c(=O)n(CC(=O)C[C@H]3NCCC[C@@H]3O)cnc12. The lowest BCUT2D eigenvalue weighted by atomic mass is 9.97. The van der Waals surface area contributed by atoms with Crippen molar-refractivity contribution in [3.05, 3.63) is 39.9 Å². The summed E-state index contributed by atoms with van der Waals surface area (Å²) in [6, 6.07) is 1.71. The van der Waals surface area contributed by atoms with Crippen LogP contribution in [0.5, 0.6) is 0 Å². The Morgan fingerprint density at radius 3 is 2.81 bits per heavy atom. The van der Waals surface area contributed by atoms with Gasteiger partial charge >= 0.3 is 6.18 Å². The predicted octanol–water partition coefficient (Wildman–Crippen LogP) is 1.80. The van der Waals surface area contributed by atoms with Crippen molar-refractivity contribution in [3.8, 4) is 0 Å². The van der Waals surface area contributed by atoms with E-state index in [2.05, 4.69) is 10.3 Å². The van der Waals surface area contributed by atoms with Crippen LogP contribution < -0.4 is 10.9 Å². The number of nitrogens with one attached hydrogen (secondary N) is 1. The molecule has 6 nitrogen and oxygen atoms in total. The highest BCUT2D eigenvalue weighted by Crippen LogP contribution is 2.33. The van der Waals surface area contributed by atoms with Crippen LogP contribution in [-0.2, 0) is 17.5 Å². The number of ketones is 1. The van der Waals surface area contributed by atoms with Crippen LogP contribution in [0.25, 0.3) is 10.9 Å². The van der Waals surface area contributed by atoms with Crippen LogP contribution in [0.3, 0.4) is 0 Å². The van der Waals surface area contributed by atoms with Crippen LogP contribution >= 0.6 is 0 Å². The number of hydrogen-bond acceptors (Lipinski definition) is 5.